The number of nitriles is 1. The zero-order chi connectivity index (χ0) is 12.1. The lowest BCUT2D eigenvalue weighted by Gasteiger charge is -2.12. The standard InChI is InChI=1S/C14H13N3/c1-2-8-16-13(10-15)12-7-3-5-11-6-4-9-17-14(11)12/h2-7,9,13,16H,1,8H2. The van der Waals surface area contributed by atoms with Gasteiger partial charge in [-0.15, -0.1) is 6.58 Å². The molecule has 2 rings (SSSR count). The van der Waals surface area contributed by atoms with E-state index in [1.807, 2.05) is 30.3 Å². The number of fused-ring (bicyclic) bond motifs is 1. The summed E-state index contributed by atoms with van der Waals surface area (Å²) in [4.78, 5) is 4.34. The number of benzene rings is 1. The molecule has 3 heteroatoms. The Morgan fingerprint density at radius 3 is 3.00 bits per heavy atom. The molecule has 0 fully saturated rings. The van der Waals surface area contributed by atoms with Crippen molar-refractivity contribution in [3.05, 3.63) is 54.7 Å². The molecule has 1 aromatic carbocycles. The van der Waals surface area contributed by atoms with E-state index in [0.717, 1.165) is 16.5 Å². The fourth-order valence-corrected chi connectivity index (χ4v) is 1.79. The minimum Gasteiger partial charge on any atom is -0.295 e. The molecule has 84 valence electrons. The van der Waals surface area contributed by atoms with Crippen molar-refractivity contribution >= 4 is 10.9 Å². The number of para-hydroxylation sites is 1. The molecule has 0 saturated heterocycles. The molecular formula is C14H13N3. The van der Waals surface area contributed by atoms with E-state index in [1.54, 1.807) is 12.3 Å². The second-order valence-corrected chi connectivity index (χ2v) is 3.68. The van der Waals surface area contributed by atoms with Crippen LogP contribution in [0.25, 0.3) is 10.9 Å². The number of aromatic nitrogens is 1. The van der Waals surface area contributed by atoms with Gasteiger partial charge in [0, 0.05) is 23.7 Å². The zero-order valence-corrected chi connectivity index (χ0v) is 9.43. The van der Waals surface area contributed by atoms with Gasteiger partial charge < -0.3 is 0 Å². The molecule has 2 aromatic rings. The van der Waals surface area contributed by atoms with Crippen LogP contribution in [0.5, 0.6) is 0 Å². The maximum absolute atomic E-state index is 9.19. The molecule has 0 amide bonds. The second kappa shape index (κ2) is 5.24. The molecule has 17 heavy (non-hydrogen) atoms. The summed E-state index contributed by atoms with van der Waals surface area (Å²) in [7, 11) is 0. The fraction of sp³-hybridized carbons (Fsp3) is 0.143. The maximum atomic E-state index is 9.19. The van der Waals surface area contributed by atoms with Crippen molar-refractivity contribution in [3.63, 3.8) is 0 Å². The van der Waals surface area contributed by atoms with Crippen LogP contribution >= 0.6 is 0 Å². The van der Waals surface area contributed by atoms with Crippen LogP contribution < -0.4 is 5.32 Å². The van der Waals surface area contributed by atoms with Crippen LogP contribution in [-0.4, -0.2) is 11.5 Å². The molecular weight excluding hydrogens is 210 g/mol. The van der Waals surface area contributed by atoms with Gasteiger partial charge in [-0.1, -0.05) is 30.3 Å². The van der Waals surface area contributed by atoms with Gasteiger partial charge in [-0.2, -0.15) is 5.26 Å². The number of nitrogens with one attached hydrogen (secondary N) is 1. The van der Waals surface area contributed by atoms with Crippen molar-refractivity contribution in [3.8, 4) is 6.07 Å². The summed E-state index contributed by atoms with van der Waals surface area (Å²) >= 11 is 0. The van der Waals surface area contributed by atoms with Gasteiger partial charge in [0.25, 0.3) is 0 Å². The average Bonchev–Trinajstić information content (AvgIpc) is 2.40. The van der Waals surface area contributed by atoms with Crippen LogP contribution in [0, 0.1) is 11.3 Å². The van der Waals surface area contributed by atoms with Crippen molar-refractivity contribution in [1.82, 2.24) is 10.3 Å². The maximum Gasteiger partial charge on any atom is 0.123 e. The van der Waals surface area contributed by atoms with Gasteiger partial charge in [0.1, 0.15) is 6.04 Å². The Labute approximate surface area is 100 Å². The van der Waals surface area contributed by atoms with Crippen molar-refractivity contribution in [1.29, 1.82) is 5.26 Å². The first-order valence-corrected chi connectivity index (χ1v) is 5.44. The Hall–Kier alpha value is -2.18. The number of pyridine rings is 1. The predicted octanol–water partition coefficient (Wildman–Crippen LogP) is 2.58. The summed E-state index contributed by atoms with van der Waals surface area (Å²) < 4.78 is 0. The first-order chi connectivity index (χ1) is 8.36. The van der Waals surface area contributed by atoms with E-state index >= 15 is 0 Å². The third kappa shape index (κ3) is 2.32. The van der Waals surface area contributed by atoms with Crippen molar-refractivity contribution in [2.45, 2.75) is 6.04 Å². The van der Waals surface area contributed by atoms with Crippen LogP contribution in [0.15, 0.2) is 49.2 Å². The molecule has 1 heterocycles. The number of hydrogen-bond donors (Lipinski definition) is 1. The van der Waals surface area contributed by atoms with Crippen LogP contribution in [-0.2, 0) is 0 Å². The summed E-state index contributed by atoms with van der Waals surface area (Å²) in [6.45, 7) is 4.23. The van der Waals surface area contributed by atoms with Gasteiger partial charge in [-0.25, -0.2) is 0 Å². The van der Waals surface area contributed by atoms with Gasteiger partial charge in [0.2, 0.25) is 0 Å². The van der Waals surface area contributed by atoms with E-state index in [4.69, 9.17) is 0 Å². The van der Waals surface area contributed by atoms with Crippen LogP contribution in [0.2, 0.25) is 0 Å². The highest BCUT2D eigenvalue weighted by atomic mass is 14.9. The van der Waals surface area contributed by atoms with Gasteiger partial charge in [-0.3, -0.25) is 10.3 Å². The fourth-order valence-electron chi connectivity index (χ4n) is 1.79. The van der Waals surface area contributed by atoms with E-state index in [0.29, 0.717) is 6.54 Å². The Kier molecular flexibility index (Phi) is 3.49. The molecule has 1 N–H and O–H groups in total. The number of hydrogen-bond acceptors (Lipinski definition) is 3. The first-order valence-electron chi connectivity index (χ1n) is 5.44. The lowest BCUT2D eigenvalue weighted by atomic mass is 10.0. The van der Waals surface area contributed by atoms with Gasteiger partial charge in [-0.05, 0) is 6.07 Å². The molecule has 3 nitrogen and oxygen atoms in total. The minimum atomic E-state index is -0.355. The van der Waals surface area contributed by atoms with Gasteiger partial charge in [0.05, 0.1) is 11.6 Å². The minimum absolute atomic E-state index is 0.355. The number of nitrogens with zero attached hydrogens (tertiary/aromatic N) is 2. The molecule has 1 unspecified atom stereocenters. The Morgan fingerprint density at radius 2 is 2.24 bits per heavy atom. The highest BCUT2D eigenvalue weighted by Crippen LogP contribution is 2.21. The van der Waals surface area contributed by atoms with Crippen molar-refractivity contribution < 1.29 is 0 Å². The van der Waals surface area contributed by atoms with E-state index in [2.05, 4.69) is 22.9 Å². The van der Waals surface area contributed by atoms with Gasteiger partial charge in [0.15, 0.2) is 0 Å². The molecule has 0 bridgehead atoms. The van der Waals surface area contributed by atoms with E-state index < -0.39 is 0 Å². The van der Waals surface area contributed by atoms with Crippen molar-refractivity contribution in [2.75, 3.05) is 6.54 Å². The highest BCUT2D eigenvalue weighted by molar-refractivity contribution is 5.82. The summed E-state index contributed by atoms with van der Waals surface area (Å²) in [5, 5.41) is 13.3. The molecule has 0 saturated carbocycles. The van der Waals surface area contributed by atoms with Crippen molar-refractivity contribution in [2.24, 2.45) is 0 Å². The summed E-state index contributed by atoms with van der Waals surface area (Å²) in [5.74, 6) is 0. The molecule has 0 radical (unpaired) electrons. The molecule has 1 atom stereocenters. The molecule has 0 spiro atoms. The summed E-state index contributed by atoms with van der Waals surface area (Å²) in [6.07, 6.45) is 3.48. The highest BCUT2D eigenvalue weighted by Gasteiger charge is 2.12. The van der Waals surface area contributed by atoms with E-state index in [1.165, 1.54) is 0 Å². The monoisotopic (exact) mass is 223 g/mol. The Bertz CT molecular complexity index is 564. The quantitative estimate of drug-likeness (QED) is 0.810. The second-order valence-electron chi connectivity index (χ2n) is 3.68. The largest absolute Gasteiger partial charge is 0.295 e. The van der Waals surface area contributed by atoms with Gasteiger partial charge >= 0.3 is 0 Å². The predicted molar refractivity (Wildman–Crippen MR) is 68.3 cm³/mol. The van der Waals surface area contributed by atoms with Crippen LogP contribution in [0.1, 0.15) is 11.6 Å². The summed E-state index contributed by atoms with van der Waals surface area (Å²) in [6, 6.07) is 11.6. The molecule has 1 aromatic heterocycles. The number of rotatable bonds is 4. The third-order valence-electron chi connectivity index (χ3n) is 2.57. The third-order valence-corrected chi connectivity index (χ3v) is 2.57. The zero-order valence-electron chi connectivity index (χ0n) is 9.43. The average molecular weight is 223 g/mol. The van der Waals surface area contributed by atoms with E-state index in [9.17, 15) is 5.26 Å². The topological polar surface area (TPSA) is 48.7 Å². The smallest absolute Gasteiger partial charge is 0.123 e. The normalized spacial score (nSPS) is 11.9. The van der Waals surface area contributed by atoms with E-state index in [-0.39, 0.29) is 6.04 Å². The lowest BCUT2D eigenvalue weighted by Crippen LogP contribution is -2.20. The first kappa shape index (κ1) is 11.3. The molecule has 0 aliphatic carbocycles. The Balaban J connectivity index is 2.46. The van der Waals surface area contributed by atoms with Crippen LogP contribution in [0.3, 0.4) is 0 Å². The SMILES string of the molecule is C=CCNC(C#N)c1cccc2cccnc12. The molecule has 0 aliphatic heterocycles. The van der Waals surface area contributed by atoms with Crippen LogP contribution in [0.4, 0.5) is 0 Å². The Morgan fingerprint density at radius 1 is 1.41 bits per heavy atom. The summed E-state index contributed by atoms with van der Waals surface area (Å²) in [5.41, 5.74) is 1.78. The molecule has 0 aliphatic rings. The lowest BCUT2D eigenvalue weighted by molar-refractivity contribution is 0.687.